The quantitative estimate of drug-likeness (QED) is 0.853. The molecule has 0 saturated carbocycles. The maximum absolute atomic E-state index is 13.2. The largest absolute Gasteiger partial charge is 0.486 e. The summed E-state index contributed by atoms with van der Waals surface area (Å²) in [5, 5.41) is 0. The number of carbonyl (C=O) groups is 1. The molecular weight excluding hydrogens is 360 g/mol. The number of benzene rings is 2. The van der Waals surface area contributed by atoms with Crippen LogP contribution in [0.5, 0.6) is 17.2 Å². The Hall–Kier alpha value is -2.94. The first-order valence-electron chi connectivity index (χ1n) is 7.94. The van der Waals surface area contributed by atoms with Gasteiger partial charge in [-0.25, -0.2) is 8.42 Å². The molecule has 8 nitrogen and oxygen atoms in total. The van der Waals surface area contributed by atoms with Crippen LogP contribution in [0.25, 0.3) is 0 Å². The summed E-state index contributed by atoms with van der Waals surface area (Å²) in [6, 6.07) is 11.0. The summed E-state index contributed by atoms with van der Waals surface area (Å²) in [5.74, 6) is 0.406. The van der Waals surface area contributed by atoms with Gasteiger partial charge in [0.2, 0.25) is 0 Å². The molecule has 0 aromatic heterocycles. The van der Waals surface area contributed by atoms with Gasteiger partial charge in [-0.3, -0.25) is 9.10 Å². The van der Waals surface area contributed by atoms with Gasteiger partial charge in [-0.15, -0.1) is 0 Å². The van der Waals surface area contributed by atoms with Crippen LogP contribution >= 0.6 is 0 Å². The van der Waals surface area contributed by atoms with E-state index >= 15 is 0 Å². The van der Waals surface area contributed by atoms with Crippen LogP contribution in [-0.4, -0.2) is 40.2 Å². The van der Waals surface area contributed by atoms with Gasteiger partial charge in [0.05, 0.1) is 17.1 Å². The molecule has 2 N–H and O–H groups in total. The van der Waals surface area contributed by atoms with Crippen molar-refractivity contribution in [3.8, 4) is 17.2 Å². The number of hydrogen-bond donors (Lipinski definition) is 1. The molecule has 4 rings (SSSR count). The van der Waals surface area contributed by atoms with Crippen molar-refractivity contribution in [1.82, 2.24) is 0 Å². The summed E-state index contributed by atoms with van der Waals surface area (Å²) in [5.41, 5.74) is 5.68. The smallest absolute Gasteiger partial charge is 0.264 e. The monoisotopic (exact) mass is 376 g/mol. The predicted molar refractivity (Wildman–Crippen MR) is 92.0 cm³/mol. The van der Waals surface area contributed by atoms with E-state index in [1.165, 1.54) is 12.1 Å². The van der Waals surface area contributed by atoms with Crippen LogP contribution in [0.4, 0.5) is 5.69 Å². The van der Waals surface area contributed by atoms with E-state index < -0.39 is 22.0 Å². The highest BCUT2D eigenvalue weighted by atomic mass is 32.2. The fourth-order valence-electron chi connectivity index (χ4n) is 2.89. The first-order chi connectivity index (χ1) is 12.5. The third-order valence-corrected chi connectivity index (χ3v) is 5.93. The Morgan fingerprint density at radius 1 is 1.04 bits per heavy atom. The van der Waals surface area contributed by atoms with Crippen LogP contribution < -0.4 is 24.2 Å². The minimum Gasteiger partial charge on any atom is -0.486 e. The van der Waals surface area contributed by atoms with Crippen molar-refractivity contribution in [1.29, 1.82) is 0 Å². The zero-order valence-electron chi connectivity index (χ0n) is 13.6. The lowest BCUT2D eigenvalue weighted by Crippen LogP contribution is -2.49. The third-order valence-electron chi connectivity index (χ3n) is 4.15. The van der Waals surface area contributed by atoms with Gasteiger partial charge in [-0.1, -0.05) is 12.1 Å². The lowest BCUT2D eigenvalue weighted by molar-refractivity contribution is -0.124. The van der Waals surface area contributed by atoms with Crippen molar-refractivity contribution < 1.29 is 27.4 Å². The fraction of sp³-hybridized carbons (Fsp3) is 0.235. The molecule has 0 unspecified atom stereocenters. The molecule has 1 amide bonds. The molecule has 0 fully saturated rings. The third kappa shape index (κ3) is 2.70. The fourth-order valence-corrected chi connectivity index (χ4v) is 4.38. The lowest BCUT2D eigenvalue weighted by atomic mass is 10.2. The molecule has 2 heterocycles. The number of fused-ring (bicyclic) bond motifs is 2. The van der Waals surface area contributed by atoms with E-state index in [-0.39, 0.29) is 17.2 Å². The molecule has 2 aliphatic rings. The average molecular weight is 376 g/mol. The number of anilines is 1. The van der Waals surface area contributed by atoms with E-state index in [1.807, 2.05) is 0 Å². The van der Waals surface area contributed by atoms with E-state index in [1.54, 1.807) is 30.3 Å². The summed E-state index contributed by atoms with van der Waals surface area (Å²) in [6.07, 6.45) is -1.07. The standard InChI is InChI=1S/C17H16N2O6S/c18-17(20)16-10-19(12-3-1-2-4-13(12)25-16)26(21,22)11-5-6-14-15(9-11)24-8-7-23-14/h1-6,9,16H,7-8,10H2,(H2,18,20)/t16-/m0/s1. The molecule has 9 heteroatoms. The van der Waals surface area contributed by atoms with E-state index in [0.29, 0.717) is 30.4 Å². The number of amides is 1. The summed E-state index contributed by atoms with van der Waals surface area (Å²) in [6.45, 7) is 0.556. The second-order valence-corrected chi connectivity index (χ2v) is 7.68. The highest BCUT2D eigenvalue weighted by Gasteiger charge is 2.37. The predicted octanol–water partition coefficient (Wildman–Crippen LogP) is 0.899. The summed E-state index contributed by atoms with van der Waals surface area (Å²) < 4.78 is 44.0. The van der Waals surface area contributed by atoms with Crippen LogP contribution in [0, 0.1) is 0 Å². The molecule has 0 bridgehead atoms. The van der Waals surface area contributed by atoms with Crippen molar-refractivity contribution in [2.45, 2.75) is 11.0 Å². The molecule has 1 atom stereocenters. The van der Waals surface area contributed by atoms with Gasteiger partial charge in [0, 0.05) is 6.07 Å². The van der Waals surface area contributed by atoms with Crippen molar-refractivity contribution >= 4 is 21.6 Å². The highest BCUT2D eigenvalue weighted by molar-refractivity contribution is 7.92. The van der Waals surface area contributed by atoms with E-state index in [2.05, 4.69) is 0 Å². The molecule has 2 aromatic rings. The number of carbonyl (C=O) groups excluding carboxylic acids is 1. The van der Waals surface area contributed by atoms with E-state index in [4.69, 9.17) is 19.9 Å². The first kappa shape index (κ1) is 16.5. The topological polar surface area (TPSA) is 108 Å². The molecule has 26 heavy (non-hydrogen) atoms. The first-order valence-corrected chi connectivity index (χ1v) is 9.38. The van der Waals surface area contributed by atoms with Crippen molar-refractivity contribution in [2.75, 3.05) is 24.1 Å². The number of para-hydroxylation sites is 2. The van der Waals surface area contributed by atoms with Gasteiger partial charge < -0.3 is 19.9 Å². The van der Waals surface area contributed by atoms with E-state index in [0.717, 1.165) is 4.31 Å². The number of nitrogens with two attached hydrogens (primary N) is 1. The van der Waals surface area contributed by atoms with Crippen LogP contribution in [0.3, 0.4) is 0 Å². The zero-order valence-corrected chi connectivity index (χ0v) is 14.4. The Bertz CT molecular complexity index is 975. The number of primary amides is 1. The van der Waals surface area contributed by atoms with Gasteiger partial charge in [-0.2, -0.15) is 0 Å². The molecule has 0 spiro atoms. The SMILES string of the molecule is NC(=O)[C@@H]1CN(S(=O)(=O)c2ccc3c(c2)OCCO3)c2ccccc2O1. The Morgan fingerprint density at radius 2 is 1.77 bits per heavy atom. The van der Waals surface area contributed by atoms with Crippen molar-refractivity contribution in [3.05, 3.63) is 42.5 Å². The lowest BCUT2D eigenvalue weighted by Gasteiger charge is -2.34. The van der Waals surface area contributed by atoms with Crippen LogP contribution in [-0.2, 0) is 14.8 Å². The van der Waals surface area contributed by atoms with Crippen LogP contribution in [0.2, 0.25) is 0 Å². The van der Waals surface area contributed by atoms with Crippen LogP contribution in [0.15, 0.2) is 47.4 Å². The number of rotatable bonds is 3. The number of nitrogens with zero attached hydrogens (tertiary/aromatic N) is 1. The number of hydrogen-bond acceptors (Lipinski definition) is 6. The van der Waals surface area contributed by atoms with Gasteiger partial charge in [0.1, 0.15) is 19.0 Å². The Balaban J connectivity index is 1.78. The molecule has 136 valence electrons. The van der Waals surface area contributed by atoms with Gasteiger partial charge >= 0.3 is 0 Å². The number of ether oxygens (including phenoxy) is 3. The summed E-state index contributed by atoms with van der Waals surface area (Å²) >= 11 is 0. The number of sulfonamides is 1. The van der Waals surface area contributed by atoms with Crippen molar-refractivity contribution in [3.63, 3.8) is 0 Å². The second kappa shape index (κ2) is 6.10. The second-order valence-electron chi connectivity index (χ2n) is 5.82. The molecule has 0 aliphatic carbocycles. The van der Waals surface area contributed by atoms with Gasteiger partial charge in [0.25, 0.3) is 15.9 Å². The van der Waals surface area contributed by atoms with Crippen LogP contribution in [0.1, 0.15) is 0 Å². The molecular formula is C17H16N2O6S. The minimum atomic E-state index is -3.97. The van der Waals surface area contributed by atoms with E-state index in [9.17, 15) is 13.2 Å². The average Bonchev–Trinajstić information content (AvgIpc) is 2.66. The highest BCUT2D eigenvalue weighted by Crippen LogP contribution is 2.39. The minimum absolute atomic E-state index is 0.0293. The Kier molecular flexibility index (Phi) is 3.87. The molecule has 0 radical (unpaired) electrons. The maximum atomic E-state index is 13.2. The Labute approximate surface area is 150 Å². The molecule has 0 saturated heterocycles. The summed E-state index contributed by atoms with van der Waals surface area (Å²) in [4.78, 5) is 11.6. The zero-order chi connectivity index (χ0) is 18.3. The summed E-state index contributed by atoms with van der Waals surface area (Å²) in [7, 11) is -3.97. The van der Waals surface area contributed by atoms with Crippen molar-refractivity contribution in [2.24, 2.45) is 5.73 Å². The molecule has 2 aliphatic heterocycles. The Morgan fingerprint density at radius 3 is 2.54 bits per heavy atom. The normalized spacial score (nSPS) is 18.6. The van der Waals surface area contributed by atoms with Gasteiger partial charge in [-0.05, 0) is 24.3 Å². The molecule has 2 aromatic carbocycles. The maximum Gasteiger partial charge on any atom is 0.264 e. The van der Waals surface area contributed by atoms with Gasteiger partial charge in [0.15, 0.2) is 17.6 Å².